The molecule has 0 bridgehead atoms. The number of thioether (sulfide) groups is 1. The molecular formula is C21H21N3O6S2. The first-order valence-corrected chi connectivity index (χ1v) is 11.8. The Morgan fingerprint density at radius 3 is 2.62 bits per heavy atom. The lowest BCUT2D eigenvalue weighted by Gasteiger charge is -2.55. The standard InChI is InChI=1S/C21H21N3O6S2/c1-13(25)23(16-7-8-31-10-16)17-18(26)22-11-21(2,12-32-19(17)22)20(27)30-9-14-3-5-15(6-4-14)24(28)29/h3-8,10,17,19H,9,11-12H2,1-2H3/t17?,19-,21?/m1/s1. The number of nitro groups is 1. The van der Waals surface area contributed by atoms with Gasteiger partial charge in [-0.1, -0.05) is 0 Å². The van der Waals surface area contributed by atoms with Gasteiger partial charge < -0.3 is 9.64 Å². The van der Waals surface area contributed by atoms with Crippen LogP contribution in [0.3, 0.4) is 0 Å². The minimum atomic E-state index is -0.883. The van der Waals surface area contributed by atoms with Gasteiger partial charge in [-0.3, -0.25) is 29.4 Å². The molecule has 2 aromatic rings. The second kappa shape index (κ2) is 8.55. The van der Waals surface area contributed by atoms with E-state index in [0.717, 1.165) is 0 Å². The molecule has 0 aliphatic carbocycles. The maximum absolute atomic E-state index is 12.9. The number of nitrogens with zero attached hydrogens (tertiary/aromatic N) is 3. The third-order valence-corrected chi connectivity index (χ3v) is 7.95. The van der Waals surface area contributed by atoms with E-state index in [9.17, 15) is 24.5 Å². The number of benzene rings is 1. The fraction of sp³-hybridized carbons (Fsp3) is 0.381. The smallest absolute Gasteiger partial charge is 0.314 e. The van der Waals surface area contributed by atoms with Crippen LogP contribution in [0.1, 0.15) is 19.4 Å². The van der Waals surface area contributed by atoms with Gasteiger partial charge in [0.05, 0.1) is 16.0 Å². The molecule has 32 heavy (non-hydrogen) atoms. The van der Waals surface area contributed by atoms with Crippen molar-refractivity contribution < 1.29 is 24.0 Å². The molecule has 3 atom stereocenters. The Hall–Kier alpha value is -2.92. The monoisotopic (exact) mass is 475 g/mol. The van der Waals surface area contributed by atoms with Crippen LogP contribution >= 0.6 is 23.1 Å². The van der Waals surface area contributed by atoms with Gasteiger partial charge in [-0.25, -0.2) is 0 Å². The third-order valence-electron chi connectivity index (χ3n) is 5.62. The molecule has 0 saturated carbocycles. The number of fused-ring (bicyclic) bond motifs is 1. The van der Waals surface area contributed by atoms with Crippen molar-refractivity contribution in [3.8, 4) is 0 Å². The number of β-lactam (4-membered cyclic amide) rings is 1. The molecule has 0 N–H and O–H groups in total. The number of anilines is 1. The average molecular weight is 476 g/mol. The first-order valence-electron chi connectivity index (χ1n) is 9.86. The molecular weight excluding hydrogens is 454 g/mol. The highest BCUT2D eigenvalue weighted by Crippen LogP contribution is 2.45. The molecule has 1 aromatic heterocycles. The molecule has 2 aliphatic rings. The van der Waals surface area contributed by atoms with Crippen LogP contribution < -0.4 is 4.90 Å². The van der Waals surface area contributed by atoms with Crippen molar-refractivity contribution in [2.24, 2.45) is 5.41 Å². The zero-order valence-corrected chi connectivity index (χ0v) is 19.1. The van der Waals surface area contributed by atoms with Gasteiger partial charge in [-0.15, -0.1) is 11.8 Å². The van der Waals surface area contributed by atoms with Crippen molar-refractivity contribution in [1.29, 1.82) is 0 Å². The Labute approximate surface area is 192 Å². The van der Waals surface area contributed by atoms with Crippen LogP contribution in [0.5, 0.6) is 0 Å². The minimum absolute atomic E-state index is 0.00659. The molecule has 0 spiro atoms. The summed E-state index contributed by atoms with van der Waals surface area (Å²) < 4.78 is 5.46. The SMILES string of the molecule is CC(=O)N(c1ccsc1)C1C(=O)N2CC(C)(C(=O)OCc3ccc([N+](=O)[O-])cc3)CS[C@H]12. The second-order valence-electron chi connectivity index (χ2n) is 8.04. The maximum atomic E-state index is 12.9. The van der Waals surface area contributed by atoms with Gasteiger partial charge in [0.15, 0.2) is 0 Å². The number of hydrogen-bond donors (Lipinski definition) is 0. The van der Waals surface area contributed by atoms with Gasteiger partial charge in [0.2, 0.25) is 11.8 Å². The fourth-order valence-electron chi connectivity index (χ4n) is 3.88. The van der Waals surface area contributed by atoms with Crippen molar-refractivity contribution in [2.45, 2.75) is 31.9 Å². The van der Waals surface area contributed by atoms with E-state index >= 15 is 0 Å². The Morgan fingerprint density at radius 1 is 1.31 bits per heavy atom. The molecule has 2 unspecified atom stereocenters. The second-order valence-corrected chi connectivity index (χ2v) is 9.93. The van der Waals surface area contributed by atoms with Crippen LogP contribution in [0, 0.1) is 15.5 Å². The van der Waals surface area contributed by atoms with E-state index in [2.05, 4.69) is 0 Å². The number of non-ortho nitro benzene ring substituents is 1. The maximum Gasteiger partial charge on any atom is 0.314 e. The Bertz CT molecular complexity index is 1060. The van der Waals surface area contributed by atoms with Crippen LogP contribution in [-0.4, -0.2) is 51.3 Å². The van der Waals surface area contributed by atoms with Crippen LogP contribution in [0.4, 0.5) is 11.4 Å². The summed E-state index contributed by atoms with van der Waals surface area (Å²) in [5.41, 5.74) is 0.430. The molecule has 2 saturated heterocycles. The van der Waals surface area contributed by atoms with Gasteiger partial charge in [-0.2, -0.15) is 11.3 Å². The Kier molecular flexibility index (Phi) is 5.95. The number of hydrogen-bond acceptors (Lipinski definition) is 8. The van der Waals surface area contributed by atoms with Crippen LogP contribution in [0.25, 0.3) is 0 Å². The lowest BCUT2D eigenvalue weighted by atomic mass is 9.89. The quantitative estimate of drug-likeness (QED) is 0.273. The van der Waals surface area contributed by atoms with E-state index in [1.54, 1.807) is 24.0 Å². The summed E-state index contributed by atoms with van der Waals surface area (Å²) in [6.45, 7) is 3.42. The molecule has 2 aliphatic heterocycles. The average Bonchev–Trinajstić information content (AvgIpc) is 3.30. The predicted molar refractivity (Wildman–Crippen MR) is 120 cm³/mol. The number of carbonyl (C=O) groups is 3. The predicted octanol–water partition coefficient (Wildman–Crippen LogP) is 3.04. The first kappa shape index (κ1) is 22.3. The Balaban J connectivity index is 1.39. The van der Waals surface area contributed by atoms with Crippen molar-refractivity contribution in [3.05, 3.63) is 56.8 Å². The lowest BCUT2D eigenvalue weighted by molar-refractivity contribution is -0.384. The highest BCUT2D eigenvalue weighted by Gasteiger charge is 2.58. The summed E-state index contributed by atoms with van der Waals surface area (Å²) in [5, 5.41) is 14.2. The summed E-state index contributed by atoms with van der Waals surface area (Å²) in [4.78, 5) is 51.4. The molecule has 0 radical (unpaired) electrons. The summed E-state index contributed by atoms with van der Waals surface area (Å²) in [5.74, 6) is -0.359. The molecule has 2 amide bonds. The topological polar surface area (TPSA) is 110 Å². The minimum Gasteiger partial charge on any atom is -0.460 e. The normalized spacial score (nSPS) is 24.3. The number of carbonyl (C=O) groups excluding carboxylic acids is 3. The van der Waals surface area contributed by atoms with Crippen LogP contribution in [-0.2, 0) is 25.7 Å². The van der Waals surface area contributed by atoms with E-state index in [0.29, 0.717) is 17.0 Å². The summed E-state index contributed by atoms with van der Waals surface area (Å²) in [6.07, 6.45) is 0. The van der Waals surface area contributed by atoms with Crippen molar-refractivity contribution in [1.82, 2.24) is 4.90 Å². The Morgan fingerprint density at radius 2 is 2.03 bits per heavy atom. The highest BCUT2D eigenvalue weighted by molar-refractivity contribution is 8.00. The summed E-state index contributed by atoms with van der Waals surface area (Å²) in [6, 6.07) is 7.05. The van der Waals surface area contributed by atoms with Crippen LogP contribution in [0.15, 0.2) is 41.1 Å². The largest absolute Gasteiger partial charge is 0.460 e. The summed E-state index contributed by atoms with van der Waals surface area (Å²) >= 11 is 2.93. The molecule has 1 aromatic carbocycles. The van der Waals surface area contributed by atoms with E-state index in [1.807, 2.05) is 16.8 Å². The van der Waals surface area contributed by atoms with Crippen molar-refractivity contribution >= 4 is 52.3 Å². The van der Waals surface area contributed by atoms with E-state index in [1.165, 1.54) is 47.1 Å². The third kappa shape index (κ3) is 3.97. The molecule has 3 heterocycles. The number of thiophene rings is 1. The number of nitro benzene ring substituents is 1. The van der Waals surface area contributed by atoms with Gasteiger partial charge in [0.1, 0.15) is 18.0 Å². The van der Waals surface area contributed by atoms with Gasteiger partial charge in [0.25, 0.3) is 5.69 Å². The molecule has 9 nitrogen and oxygen atoms in total. The molecule has 11 heteroatoms. The highest BCUT2D eigenvalue weighted by atomic mass is 32.2. The number of esters is 1. The van der Waals surface area contributed by atoms with Gasteiger partial charge >= 0.3 is 5.97 Å². The molecule has 2 fully saturated rings. The van der Waals surface area contributed by atoms with Crippen molar-refractivity contribution in [2.75, 3.05) is 17.2 Å². The number of rotatable bonds is 6. The molecule has 168 valence electrons. The van der Waals surface area contributed by atoms with Gasteiger partial charge in [0, 0.05) is 36.7 Å². The first-order chi connectivity index (χ1) is 15.2. The number of amides is 2. The van der Waals surface area contributed by atoms with Crippen LogP contribution in [0.2, 0.25) is 0 Å². The number of ether oxygens (including phenoxy) is 1. The van der Waals surface area contributed by atoms with Crippen molar-refractivity contribution in [3.63, 3.8) is 0 Å². The fourth-order valence-corrected chi connectivity index (χ4v) is 6.03. The lowest BCUT2D eigenvalue weighted by Crippen LogP contribution is -2.74. The molecule has 4 rings (SSSR count). The zero-order chi connectivity index (χ0) is 23.0. The summed E-state index contributed by atoms with van der Waals surface area (Å²) in [7, 11) is 0. The van der Waals surface area contributed by atoms with E-state index in [4.69, 9.17) is 4.74 Å². The van der Waals surface area contributed by atoms with E-state index < -0.39 is 22.3 Å². The van der Waals surface area contributed by atoms with E-state index in [-0.39, 0.29) is 36.0 Å². The zero-order valence-electron chi connectivity index (χ0n) is 17.4. The van der Waals surface area contributed by atoms with Gasteiger partial charge in [-0.05, 0) is 36.1 Å².